The predicted molar refractivity (Wildman–Crippen MR) is 101 cm³/mol. The molecule has 0 bridgehead atoms. The first-order valence-electron chi connectivity index (χ1n) is 9.84. The van der Waals surface area contributed by atoms with Crippen LogP contribution in [0.5, 0.6) is 11.5 Å². The van der Waals surface area contributed by atoms with E-state index in [0.717, 1.165) is 42.9 Å². The summed E-state index contributed by atoms with van der Waals surface area (Å²) in [6, 6.07) is 5.86. The van der Waals surface area contributed by atoms with Gasteiger partial charge in [-0.15, -0.1) is 0 Å². The number of benzene rings is 1. The summed E-state index contributed by atoms with van der Waals surface area (Å²) in [4.78, 5) is 25.3. The Balaban J connectivity index is 1.53. The molecule has 0 saturated carbocycles. The third kappa shape index (κ3) is 5.35. The summed E-state index contributed by atoms with van der Waals surface area (Å²) in [6.45, 7) is 7.11. The molecule has 0 radical (unpaired) electrons. The molecule has 1 fully saturated rings. The van der Waals surface area contributed by atoms with Crippen molar-refractivity contribution >= 4 is 11.9 Å². The van der Waals surface area contributed by atoms with Gasteiger partial charge in [0, 0.05) is 24.9 Å². The molecule has 1 aromatic carbocycles. The highest BCUT2D eigenvalue weighted by Crippen LogP contribution is 2.33. The smallest absolute Gasteiger partial charge is 0.321 e. The Hall–Kier alpha value is -2.28. The molecule has 27 heavy (non-hydrogen) atoms. The second-order valence-electron chi connectivity index (χ2n) is 7.67. The molecule has 1 aromatic rings. The van der Waals surface area contributed by atoms with Gasteiger partial charge in [-0.2, -0.15) is 0 Å². The summed E-state index contributed by atoms with van der Waals surface area (Å²) in [5.74, 6) is 1.83. The average Bonchev–Trinajstić information content (AvgIpc) is 3.08. The molecular weight excluding hydrogens is 346 g/mol. The summed E-state index contributed by atoms with van der Waals surface area (Å²) in [5, 5.41) is 5.18. The number of nitrogens with one attached hydrogen (secondary N) is 3. The van der Waals surface area contributed by atoms with E-state index in [1.54, 1.807) is 0 Å². The minimum atomic E-state index is -0.407. The molecule has 1 saturated heterocycles. The highest BCUT2D eigenvalue weighted by molar-refractivity contribution is 5.94. The zero-order chi connectivity index (χ0) is 19.2. The molecule has 7 heteroatoms. The van der Waals surface area contributed by atoms with Crippen molar-refractivity contribution in [3.05, 3.63) is 23.8 Å². The summed E-state index contributed by atoms with van der Waals surface area (Å²) in [5.41, 5.74) is 1.15. The standard InChI is InChI=1S/C20H29N3O4/c1-14(2)7-8-21-20(25)22-19(24)13-23-9-3-4-16(23)15-5-6-17-18(12-15)27-11-10-26-17/h5-6,12,14,16H,3-4,7-11,13H2,1-2H3,(H2,21,22,24,25)/p+1/t16-/m1/s1. The number of hydrogen-bond acceptors (Lipinski definition) is 4. The van der Waals surface area contributed by atoms with Crippen LogP contribution in [-0.2, 0) is 4.79 Å². The Bertz CT molecular complexity index is 677. The number of hydrogen-bond donors (Lipinski definition) is 3. The Morgan fingerprint density at radius 1 is 1.22 bits per heavy atom. The van der Waals surface area contributed by atoms with Gasteiger partial charge in [-0.25, -0.2) is 4.79 Å². The number of carbonyl (C=O) groups is 2. The van der Waals surface area contributed by atoms with Crippen molar-refractivity contribution in [1.29, 1.82) is 0 Å². The fourth-order valence-electron chi connectivity index (χ4n) is 3.70. The molecule has 0 spiro atoms. The summed E-state index contributed by atoms with van der Waals surface area (Å²) < 4.78 is 11.3. The van der Waals surface area contributed by atoms with Crippen LogP contribution in [0.25, 0.3) is 0 Å². The van der Waals surface area contributed by atoms with E-state index < -0.39 is 6.03 Å². The molecular formula is C20H30N3O4+. The molecule has 2 aliphatic rings. The van der Waals surface area contributed by atoms with E-state index in [1.807, 2.05) is 12.1 Å². The zero-order valence-corrected chi connectivity index (χ0v) is 16.2. The molecule has 2 atom stereocenters. The number of quaternary nitrogens is 1. The zero-order valence-electron chi connectivity index (χ0n) is 16.2. The number of fused-ring (bicyclic) bond motifs is 1. The molecule has 2 aliphatic heterocycles. The Morgan fingerprint density at radius 2 is 2.00 bits per heavy atom. The maximum Gasteiger partial charge on any atom is 0.321 e. The van der Waals surface area contributed by atoms with Gasteiger partial charge in [-0.1, -0.05) is 13.8 Å². The number of ether oxygens (including phenoxy) is 2. The third-order valence-electron chi connectivity index (χ3n) is 5.10. The molecule has 3 amide bonds. The van der Waals surface area contributed by atoms with Crippen molar-refractivity contribution in [3.8, 4) is 11.5 Å². The first-order chi connectivity index (χ1) is 13.0. The van der Waals surface area contributed by atoms with Crippen LogP contribution in [0.15, 0.2) is 18.2 Å². The van der Waals surface area contributed by atoms with Crippen LogP contribution >= 0.6 is 0 Å². The minimum absolute atomic E-state index is 0.232. The fraction of sp³-hybridized carbons (Fsp3) is 0.600. The van der Waals surface area contributed by atoms with Gasteiger partial charge in [-0.05, 0) is 30.5 Å². The van der Waals surface area contributed by atoms with E-state index in [0.29, 0.717) is 25.7 Å². The number of amides is 3. The van der Waals surface area contributed by atoms with Crippen LogP contribution in [0.2, 0.25) is 0 Å². The Kier molecular flexibility index (Phi) is 6.55. The molecule has 1 unspecified atom stereocenters. The van der Waals surface area contributed by atoms with Crippen LogP contribution < -0.4 is 25.0 Å². The van der Waals surface area contributed by atoms with Gasteiger partial charge in [0.2, 0.25) is 0 Å². The van der Waals surface area contributed by atoms with E-state index in [-0.39, 0.29) is 18.5 Å². The first-order valence-corrected chi connectivity index (χ1v) is 9.84. The van der Waals surface area contributed by atoms with Crippen molar-refractivity contribution in [2.75, 3.05) is 32.8 Å². The maximum absolute atomic E-state index is 12.3. The van der Waals surface area contributed by atoms with Crippen LogP contribution in [0.1, 0.15) is 44.7 Å². The summed E-state index contributed by atoms with van der Waals surface area (Å²) in [7, 11) is 0. The predicted octanol–water partition coefficient (Wildman–Crippen LogP) is 1.05. The largest absolute Gasteiger partial charge is 0.486 e. The quantitative estimate of drug-likeness (QED) is 0.693. The van der Waals surface area contributed by atoms with Crippen molar-refractivity contribution in [2.24, 2.45) is 5.92 Å². The van der Waals surface area contributed by atoms with E-state index in [4.69, 9.17) is 9.47 Å². The summed E-state index contributed by atoms with van der Waals surface area (Å²) >= 11 is 0. The van der Waals surface area contributed by atoms with Crippen LogP contribution in [0, 0.1) is 5.92 Å². The van der Waals surface area contributed by atoms with Gasteiger partial charge < -0.3 is 19.7 Å². The van der Waals surface area contributed by atoms with E-state index in [2.05, 4.69) is 30.5 Å². The summed E-state index contributed by atoms with van der Waals surface area (Å²) in [6.07, 6.45) is 2.97. The van der Waals surface area contributed by atoms with Gasteiger partial charge in [-0.3, -0.25) is 10.1 Å². The van der Waals surface area contributed by atoms with Gasteiger partial charge in [0.1, 0.15) is 19.3 Å². The molecule has 2 heterocycles. The average molecular weight is 376 g/mol. The number of likely N-dealkylation sites (tertiary alicyclic amines) is 1. The van der Waals surface area contributed by atoms with Crippen molar-refractivity contribution in [3.63, 3.8) is 0 Å². The van der Waals surface area contributed by atoms with Gasteiger partial charge in [0.15, 0.2) is 18.0 Å². The monoisotopic (exact) mass is 376 g/mol. The molecule has 0 aromatic heterocycles. The lowest BCUT2D eigenvalue weighted by atomic mass is 10.0. The fourth-order valence-corrected chi connectivity index (χ4v) is 3.70. The van der Waals surface area contributed by atoms with E-state index >= 15 is 0 Å². The van der Waals surface area contributed by atoms with Crippen molar-refractivity contribution in [1.82, 2.24) is 10.6 Å². The SMILES string of the molecule is CC(C)CCNC(=O)NC(=O)C[NH+]1CCC[C@@H]1c1ccc2c(c1)OCCO2. The molecule has 0 aliphatic carbocycles. The molecule has 3 rings (SSSR count). The molecule has 3 N–H and O–H groups in total. The highest BCUT2D eigenvalue weighted by Gasteiger charge is 2.32. The van der Waals surface area contributed by atoms with E-state index in [1.165, 1.54) is 4.90 Å². The number of urea groups is 1. The normalized spacial score (nSPS) is 21.1. The second-order valence-corrected chi connectivity index (χ2v) is 7.67. The Labute approximate surface area is 160 Å². The number of imide groups is 1. The molecule has 7 nitrogen and oxygen atoms in total. The maximum atomic E-state index is 12.3. The third-order valence-corrected chi connectivity index (χ3v) is 5.10. The van der Waals surface area contributed by atoms with E-state index in [9.17, 15) is 9.59 Å². The molecule has 148 valence electrons. The topological polar surface area (TPSA) is 81.1 Å². The van der Waals surface area contributed by atoms with Crippen LogP contribution in [0.4, 0.5) is 4.79 Å². The Morgan fingerprint density at radius 3 is 2.78 bits per heavy atom. The second kappa shape index (κ2) is 9.08. The van der Waals surface area contributed by atoms with Crippen molar-refractivity contribution in [2.45, 2.75) is 39.2 Å². The number of rotatable bonds is 6. The van der Waals surface area contributed by atoms with Crippen molar-refractivity contribution < 1.29 is 24.0 Å². The van der Waals surface area contributed by atoms with Crippen LogP contribution in [-0.4, -0.2) is 44.8 Å². The van der Waals surface area contributed by atoms with Crippen LogP contribution in [0.3, 0.4) is 0 Å². The number of carbonyl (C=O) groups excluding carboxylic acids is 2. The van der Waals surface area contributed by atoms with Gasteiger partial charge in [0.25, 0.3) is 5.91 Å². The lowest BCUT2D eigenvalue weighted by molar-refractivity contribution is -0.910. The lowest BCUT2D eigenvalue weighted by Crippen LogP contribution is -3.11. The highest BCUT2D eigenvalue weighted by atomic mass is 16.6. The van der Waals surface area contributed by atoms with Gasteiger partial charge in [0.05, 0.1) is 6.54 Å². The van der Waals surface area contributed by atoms with Gasteiger partial charge >= 0.3 is 6.03 Å². The minimum Gasteiger partial charge on any atom is -0.486 e. The lowest BCUT2D eigenvalue weighted by Gasteiger charge is -2.23. The first kappa shape index (κ1) is 19.5.